The van der Waals surface area contributed by atoms with Crippen LogP contribution in [-0.4, -0.2) is 11.4 Å². The zero-order valence-electron chi connectivity index (χ0n) is 7.71. The molecule has 0 N–H and O–H groups in total. The van der Waals surface area contributed by atoms with Crippen molar-refractivity contribution in [3.05, 3.63) is 29.8 Å². The summed E-state index contributed by atoms with van der Waals surface area (Å²) in [5.74, 6) is 0.258. The molecule has 0 aromatic heterocycles. The highest BCUT2D eigenvalue weighted by atomic mass is 79.9. The molecule has 0 fully saturated rings. The van der Waals surface area contributed by atoms with Gasteiger partial charge in [-0.3, -0.25) is 0 Å². The Hall–Kier alpha value is -0.640. The van der Waals surface area contributed by atoms with Gasteiger partial charge in [0.1, 0.15) is 5.75 Å². The predicted molar refractivity (Wildman–Crippen MR) is 55.2 cm³/mol. The fourth-order valence-electron chi connectivity index (χ4n) is 1.19. The van der Waals surface area contributed by atoms with Crippen LogP contribution in [0.1, 0.15) is 12.5 Å². The summed E-state index contributed by atoms with van der Waals surface area (Å²) >= 11 is 3.37. The summed E-state index contributed by atoms with van der Waals surface area (Å²) < 4.78 is 28.4. The lowest BCUT2D eigenvalue weighted by Gasteiger charge is -2.11. The Labute approximate surface area is 90.2 Å². The highest BCUT2D eigenvalue weighted by Crippen LogP contribution is 2.23. The second kappa shape index (κ2) is 5.29. The zero-order chi connectivity index (χ0) is 10.6. The maximum Gasteiger partial charge on any atom is 0.387 e. The molecular weight excluding hydrogens is 254 g/mol. The first-order valence-electron chi connectivity index (χ1n) is 4.26. The Kier molecular flexibility index (Phi) is 4.32. The topological polar surface area (TPSA) is 9.23 Å². The van der Waals surface area contributed by atoms with Crippen LogP contribution in [0.4, 0.5) is 8.78 Å². The molecule has 0 aliphatic heterocycles. The molecule has 0 aliphatic rings. The summed E-state index contributed by atoms with van der Waals surface area (Å²) in [6, 6.07) is 6.83. The van der Waals surface area contributed by atoms with E-state index in [4.69, 9.17) is 0 Å². The van der Waals surface area contributed by atoms with Gasteiger partial charge in [-0.05, 0) is 18.1 Å². The average Bonchev–Trinajstić information content (AvgIpc) is 2.06. The van der Waals surface area contributed by atoms with E-state index in [2.05, 4.69) is 20.7 Å². The molecule has 0 bridgehead atoms. The molecule has 1 atom stereocenters. The van der Waals surface area contributed by atoms with Crippen molar-refractivity contribution in [1.82, 2.24) is 0 Å². The van der Waals surface area contributed by atoms with Crippen molar-refractivity contribution in [2.75, 3.05) is 0 Å². The molecule has 1 rings (SSSR count). The van der Waals surface area contributed by atoms with E-state index >= 15 is 0 Å². The molecule has 1 nitrogen and oxygen atoms in total. The third-order valence-corrected chi connectivity index (χ3v) is 2.01. The normalized spacial score (nSPS) is 12.9. The van der Waals surface area contributed by atoms with Crippen molar-refractivity contribution in [3.8, 4) is 5.75 Å². The Morgan fingerprint density at radius 1 is 1.36 bits per heavy atom. The Balaban J connectivity index is 2.80. The molecule has 0 saturated heterocycles. The van der Waals surface area contributed by atoms with E-state index in [1.807, 2.05) is 13.0 Å². The van der Waals surface area contributed by atoms with Gasteiger partial charge in [0.2, 0.25) is 0 Å². The number of alkyl halides is 3. The molecule has 4 heteroatoms. The number of hydrogen-bond acceptors (Lipinski definition) is 1. The van der Waals surface area contributed by atoms with E-state index in [1.165, 1.54) is 0 Å². The number of rotatable bonds is 4. The standard InChI is InChI=1S/C10H11BrF2O/c1-7(11)6-8-4-2-3-5-9(8)14-10(12)13/h2-5,7,10H,6H2,1H3. The van der Waals surface area contributed by atoms with Crippen molar-refractivity contribution in [3.63, 3.8) is 0 Å². The maximum absolute atomic E-state index is 12.0. The molecule has 1 aromatic rings. The quantitative estimate of drug-likeness (QED) is 0.755. The number of hydrogen-bond donors (Lipinski definition) is 0. The second-order valence-electron chi connectivity index (χ2n) is 2.97. The lowest BCUT2D eigenvalue weighted by atomic mass is 10.1. The monoisotopic (exact) mass is 264 g/mol. The highest BCUT2D eigenvalue weighted by Gasteiger charge is 2.10. The molecule has 0 saturated carbocycles. The predicted octanol–water partition coefficient (Wildman–Crippen LogP) is 3.61. The van der Waals surface area contributed by atoms with Crippen LogP contribution in [0.2, 0.25) is 0 Å². The van der Waals surface area contributed by atoms with Crippen LogP contribution in [0, 0.1) is 0 Å². The lowest BCUT2D eigenvalue weighted by Crippen LogP contribution is -2.06. The van der Waals surface area contributed by atoms with Gasteiger partial charge >= 0.3 is 6.61 Å². The molecule has 0 radical (unpaired) electrons. The number of halogens is 3. The van der Waals surface area contributed by atoms with Gasteiger partial charge in [-0.25, -0.2) is 0 Å². The number of ether oxygens (including phenoxy) is 1. The van der Waals surface area contributed by atoms with Gasteiger partial charge < -0.3 is 4.74 Å². The first-order chi connectivity index (χ1) is 6.59. The molecule has 0 spiro atoms. The van der Waals surface area contributed by atoms with Gasteiger partial charge in [0.25, 0.3) is 0 Å². The largest absolute Gasteiger partial charge is 0.435 e. The molecule has 0 aliphatic carbocycles. The van der Waals surface area contributed by atoms with E-state index in [9.17, 15) is 8.78 Å². The smallest absolute Gasteiger partial charge is 0.387 e. The van der Waals surface area contributed by atoms with Crippen LogP contribution in [0.3, 0.4) is 0 Å². The molecule has 0 heterocycles. The fourth-order valence-corrected chi connectivity index (χ4v) is 1.54. The van der Waals surface area contributed by atoms with E-state index in [-0.39, 0.29) is 10.6 Å². The van der Waals surface area contributed by atoms with Gasteiger partial charge in [-0.2, -0.15) is 8.78 Å². The fraction of sp³-hybridized carbons (Fsp3) is 0.400. The third kappa shape index (κ3) is 3.62. The summed E-state index contributed by atoms with van der Waals surface area (Å²) in [6.07, 6.45) is 0.670. The van der Waals surface area contributed by atoms with Gasteiger partial charge in [-0.1, -0.05) is 41.1 Å². The van der Waals surface area contributed by atoms with Crippen molar-refractivity contribution in [2.45, 2.75) is 24.8 Å². The van der Waals surface area contributed by atoms with Crippen LogP contribution in [-0.2, 0) is 6.42 Å². The summed E-state index contributed by atoms with van der Waals surface area (Å²) in [5, 5.41) is 0. The molecular formula is C10H11BrF2O. The van der Waals surface area contributed by atoms with Gasteiger partial charge in [0, 0.05) is 4.83 Å². The van der Waals surface area contributed by atoms with Crippen LogP contribution in [0.5, 0.6) is 5.75 Å². The summed E-state index contributed by atoms with van der Waals surface area (Å²) in [6.45, 7) is -0.805. The summed E-state index contributed by atoms with van der Waals surface area (Å²) in [5.41, 5.74) is 0.789. The second-order valence-corrected chi connectivity index (χ2v) is 4.53. The van der Waals surface area contributed by atoms with Crippen molar-refractivity contribution >= 4 is 15.9 Å². The first kappa shape index (κ1) is 11.4. The maximum atomic E-state index is 12.0. The van der Waals surface area contributed by atoms with Gasteiger partial charge in [-0.15, -0.1) is 0 Å². The van der Waals surface area contributed by atoms with Gasteiger partial charge in [0.15, 0.2) is 0 Å². The van der Waals surface area contributed by atoms with Crippen LogP contribution >= 0.6 is 15.9 Å². The molecule has 78 valence electrons. The van der Waals surface area contributed by atoms with E-state index in [1.54, 1.807) is 18.2 Å². The van der Waals surface area contributed by atoms with Gasteiger partial charge in [0.05, 0.1) is 0 Å². The minimum Gasteiger partial charge on any atom is -0.435 e. The highest BCUT2D eigenvalue weighted by molar-refractivity contribution is 9.09. The minimum atomic E-state index is -2.76. The van der Waals surface area contributed by atoms with Crippen LogP contribution in [0.15, 0.2) is 24.3 Å². The number of para-hydroxylation sites is 1. The molecule has 1 aromatic carbocycles. The first-order valence-corrected chi connectivity index (χ1v) is 5.18. The third-order valence-electron chi connectivity index (χ3n) is 1.69. The molecule has 14 heavy (non-hydrogen) atoms. The summed E-state index contributed by atoms with van der Waals surface area (Å²) in [4.78, 5) is 0.241. The van der Waals surface area contributed by atoms with Crippen LogP contribution < -0.4 is 4.74 Å². The van der Waals surface area contributed by atoms with Crippen molar-refractivity contribution in [1.29, 1.82) is 0 Å². The lowest BCUT2D eigenvalue weighted by molar-refractivity contribution is -0.0504. The van der Waals surface area contributed by atoms with Crippen LogP contribution in [0.25, 0.3) is 0 Å². The van der Waals surface area contributed by atoms with E-state index < -0.39 is 6.61 Å². The SMILES string of the molecule is CC(Br)Cc1ccccc1OC(F)F. The summed E-state index contributed by atoms with van der Waals surface area (Å²) in [7, 11) is 0. The molecule has 1 unspecified atom stereocenters. The van der Waals surface area contributed by atoms with E-state index in [0.29, 0.717) is 6.42 Å². The minimum absolute atomic E-state index is 0.241. The Morgan fingerprint density at radius 2 is 2.00 bits per heavy atom. The Bertz CT molecular complexity index is 260. The van der Waals surface area contributed by atoms with Crippen molar-refractivity contribution < 1.29 is 13.5 Å². The molecule has 0 amide bonds. The van der Waals surface area contributed by atoms with Crippen molar-refractivity contribution in [2.24, 2.45) is 0 Å². The average molecular weight is 265 g/mol. The Morgan fingerprint density at radius 3 is 2.57 bits per heavy atom. The van der Waals surface area contributed by atoms with E-state index in [0.717, 1.165) is 5.56 Å². The zero-order valence-corrected chi connectivity index (χ0v) is 9.30. The number of benzene rings is 1.